The first kappa shape index (κ1) is 34.4. The molecule has 1 fully saturated rings. The lowest BCUT2D eigenvalue weighted by Gasteiger charge is -2.13. The Morgan fingerprint density at radius 1 is 0.960 bits per heavy atom. The zero-order valence-electron chi connectivity index (χ0n) is 26.1. The van der Waals surface area contributed by atoms with Gasteiger partial charge in [0.2, 0.25) is 10.0 Å². The highest BCUT2D eigenvalue weighted by molar-refractivity contribution is 8.18. The number of benzene rings is 4. The minimum atomic E-state index is -3.86. The Labute approximate surface area is 297 Å². The van der Waals surface area contributed by atoms with Crippen molar-refractivity contribution in [3.63, 3.8) is 0 Å². The third-order valence-corrected chi connectivity index (χ3v) is 9.40. The highest BCUT2D eigenvalue weighted by Crippen LogP contribution is 2.36. The van der Waals surface area contributed by atoms with E-state index >= 15 is 0 Å². The number of nitrogens with two attached hydrogens (primary N) is 1. The third-order valence-electron chi connectivity index (χ3n) is 7.23. The molecule has 0 radical (unpaired) electrons. The molecule has 252 valence electrons. The molecule has 14 heteroatoms. The van der Waals surface area contributed by atoms with Gasteiger partial charge >= 0.3 is 0 Å². The lowest BCUT2D eigenvalue weighted by Crippen LogP contribution is -2.28. The Balaban J connectivity index is 1.18. The van der Waals surface area contributed by atoms with Gasteiger partial charge in [0.15, 0.2) is 11.8 Å². The van der Waals surface area contributed by atoms with Crippen molar-refractivity contribution in [1.29, 1.82) is 0 Å². The van der Waals surface area contributed by atoms with Crippen LogP contribution in [-0.2, 0) is 26.2 Å². The maximum atomic E-state index is 13.7. The van der Waals surface area contributed by atoms with Crippen LogP contribution in [0.3, 0.4) is 0 Å². The molecule has 5 aromatic rings. The molecule has 2 amide bonds. The molecule has 0 aliphatic carbocycles. The number of carbonyl (C=O) groups is 2. The summed E-state index contributed by atoms with van der Waals surface area (Å²) in [7, 11) is -3.86. The number of anilines is 1. The van der Waals surface area contributed by atoms with Gasteiger partial charge in [-0.05, 0) is 89.1 Å². The lowest BCUT2D eigenvalue weighted by molar-refractivity contribution is -0.122. The fraction of sp³-hybridized carbons (Fsp3) is 0.0556. The first-order chi connectivity index (χ1) is 24.1. The lowest BCUT2D eigenvalue weighted by atomic mass is 10.0. The summed E-state index contributed by atoms with van der Waals surface area (Å²) in [5, 5.41) is 17.2. The number of nitrogens with zero attached hydrogens (tertiary/aromatic N) is 3. The molecule has 1 aliphatic heterocycles. The van der Waals surface area contributed by atoms with E-state index in [1.165, 1.54) is 35.4 Å². The smallest absolute Gasteiger partial charge is 0.267 e. The number of rotatable bonds is 11. The van der Waals surface area contributed by atoms with E-state index < -0.39 is 15.9 Å². The zero-order valence-corrected chi connectivity index (χ0v) is 28.5. The van der Waals surface area contributed by atoms with Crippen LogP contribution in [0.25, 0.3) is 17.2 Å². The molecule has 4 aromatic carbocycles. The van der Waals surface area contributed by atoms with Gasteiger partial charge in [-0.1, -0.05) is 66.2 Å². The Morgan fingerprint density at radius 2 is 1.70 bits per heavy atom. The van der Waals surface area contributed by atoms with Crippen LogP contribution in [0.15, 0.2) is 140 Å². The van der Waals surface area contributed by atoms with Gasteiger partial charge in [-0.25, -0.2) is 13.6 Å². The predicted molar refractivity (Wildman–Crippen MR) is 195 cm³/mol. The average molecular weight is 726 g/mol. The second-order valence-corrected chi connectivity index (χ2v) is 13.8. The van der Waals surface area contributed by atoms with Gasteiger partial charge in [-0.3, -0.25) is 14.5 Å². The number of thioether (sulfide) groups is 1. The topological polar surface area (TPSA) is 157 Å². The van der Waals surface area contributed by atoms with E-state index in [1.807, 2.05) is 54.6 Å². The maximum Gasteiger partial charge on any atom is 0.267 e. The van der Waals surface area contributed by atoms with Gasteiger partial charge < -0.3 is 14.5 Å². The number of sulfonamides is 1. The van der Waals surface area contributed by atoms with Crippen molar-refractivity contribution in [2.24, 2.45) is 15.3 Å². The van der Waals surface area contributed by atoms with E-state index in [1.54, 1.807) is 42.6 Å². The van der Waals surface area contributed by atoms with Crippen molar-refractivity contribution in [1.82, 2.24) is 4.90 Å². The molecule has 2 heterocycles. The minimum absolute atomic E-state index is 0.0820. The molecule has 1 aromatic heterocycles. The number of furan rings is 1. The molecule has 0 unspecified atom stereocenters. The number of hydrogen-bond acceptors (Lipinski definition) is 9. The quantitative estimate of drug-likeness (QED) is 0.0864. The average Bonchev–Trinajstić information content (AvgIpc) is 3.73. The summed E-state index contributed by atoms with van der Waals surface area (Å²) in [6.07, 6.45) is 4.75. The Morgan fingerprint density at radius 3 is 2.40 bits per heavy atom. The number of amides is 2. The van der Waals surface area contributed by atoms with Crippen LogP contribution in [0.2, 0.25) is 5.02 Å². The van der Waals surface area contributed by atoms with Gasteiger partial charge in [0, 0.05) is 16.3 Å². The number of primary sulfonamides is 1. The van der Waals surface area contributed by atoms with Crippen LogP contribution in [0, 0.1) is 0 Å². The molecule has 6 rings (SSSR count). The number of carbonyl (C=O) groups excluding carboxylic acids is 2. The maximum absolute atomic E-state index is 13.7. The number of hydrogen-bond donors (Lipinski definition) is 2. The van der Waals surface area contributed by atoms with Crippen LogP contribution in [0.4, 0.5) is 5.69 Å². The summed E-state index contributed by atoms with van der Waals surface area (Å²) in [6, 6.07) is 31.6. The summed E-state index contributed by atoms with van der Waals surface area (Å²) >= 11 is 7.43. The van der Waals surface area contributed by atoms with Crippen LogP contribution < -0.4 is 15.2 Å². The molecule has 0 bridgehead atoms. The number of halogens is 1. The molecule has 50 heavy (non-hydrogen) atoms. The summed E-state index contributed by atoms with van der Waals surface area (Å²) < 4.78 is 34.3. The van der Waals surface area contributed by atoms with Gasteiger partial charge in [-0.15, -0.1) is 5.10 Å². The SMILES string of the molecule is NS(=O)(=O)c1ccc(NC(=O)COc2ccc(Cl)cc2/C=C2\S/C(=N\N=C\c3ccc(-c4ccccc4)cc3)N(Cc3ccco3)C2=O)cc1. The third kappa shape index (κ3) is 8.76. The first-order valence-electron chi connectivity index (χ1n) is 15.0. The molecule has 1 aliphatic rings. The van der Waals surface area contributed by atoms with Crippen molar-refractivity contribution in [3.8, 4) is 16.9 Å². The number of amidine groups is 1. The fourth-order valence-corrected chi connectivity index (χ4v) is 6.41. The van der Waals surface area contributed by atoms with Crippen molar-refractivity contribution < 1.29 is 27.2 Å². The van der Waals surface area contributed by atoms with E-state index in [2.05, 4.69) is 15.5 Å². The van der Waals surface area contributed by atoms with E-state index in [9.17, 15) is 18.0 Å². The highest BCUT2D eigenvalue weighted by Gasteiger charge is 2.34. The van der Waals surface area contributed by atoms with Gasteiger partial charge in [0.25, 0.3) is 11.8 Å². The molecular formula is C36H28ClN5O6S2. The molecule has 3 N–H and O–H groups in total. The van der Waals surface area contributed by atoms with Crippen LogP contribution in [0.5, 0.6) is 5.75 Å². The van der Waals surface area contributed by atoms with E-state index in [0.717, 1.165) is 28.5 Å². The minimum Gasteiger partial charge on any atom is -0.483 e. The molecule has 11 nitrogen and oxygen atoms in total. The van der Waals surface area contributed by atoms with E-state index in [0.29, 0.717) is 37.9 Å². The summed E-state index contributed by atoms with van der Waals surface area (Å²) in [5.41, 5.74) is 3.83. The van der Waals surface area contributed by atoms with E-state index in [4.69, 9.17) is 25.9 Å². The van der Waals surface area contributed by atoms with Gasteiger partial charge in [0.05, 0.1) is 28.8 Å². The Bertz CT molecular complexity index is 2210. The van der Waals surface area contributed by atoms with E-state index in [-0.39, 0.29) is 24.0 Å². The molecular weight excluding hydrogens is 698 g/mol. The largest absolute Gasteiger partial charge is 0.483 e. The molecule has 0 saturated carbocycles. The number of ether oxygens (including phenoxy) is 1. The monoisotopic (exact) mass is 725 g/mol. The van der Waals surface area contributed by atoms with Gasteiger partial charge in [0.1, 0.15) is 11.5 Å². The Hall–Kier alpha value is -5.47. The van der Waals surface area contributed by atoms with Crippen LogP contribution >= 0.6 is 23.4 Å². The van der Waals surface area contributed by atoms with Gasteiger partial charge in [-0.2, -0.15) is 5.10 Å². The second-order valence-electron chi connectivity index (χ2n) is 10.8. The summed E-state index contributed by atoms with van der Waals surface area (Å²) in [4.78, 5) is 28.0. The molecule has 0 spiro atoms. The Kier molecular flexibility index (Phi) is 10.6. The van der Waals surface area contributed by atoms with Crippen molar-refractivity contribution in [3.05, 3.63) is 142 Å². The second kappa shape index (κ2) is 15.4. The first-order valence-corrected chi connectivity index (χ1v) is 17.7. The highest BCUT2D eigenvalue weighted by atomic mass is 35.5. The fourth-order valence-electron chi connectivity index (χ4n) is 4.79. The summed E-state index contributed by atoms with van der Waals surface area (Å²) in [6.45, 7) is -0.248. The standard InChI is InChI=1S/C36H28ClN5O6S2/c37-28-12-17-32(48-23-34(43)40-29-13-15-31(16-14-29)50(38,45)46)27(19-28)20-33-35(44)42(22-30-7-4-18-47-30)36(49-33)41-39-21-24-8-10-26(11-9-24)25-5-2-1-3-6-25/h1-21H,22-23H2,(H,40,43)(H2,38,45,46)/b33-20-,39-21+,41-36-. The molecule has 0 atom stereocenters. The van der Waals surface area contributed by atoms with Crippen molar-refractivity contribution in [2.75, 3.05) is 11.9 Å². The van der Waals surface area contributed by atoms with Crippen LogP contribution in [0.1, 0.15) is 16.9 Å². The molecule has 1 saturated heterocycles. The van der Waals surface area contributed by atoms with Crippen molar-refractivity contribution in [2.45, 2.75) is 11.4 Å². The predicted octanol–water partition coefficient (Wildman–Crippen LogP) is 6.77. The van der Waals surface area contributed by atoms with Crippen molar-refractivity contribution >= 4 is 68.3 Å². The number of nitrogens with one attached hydrogen (secondary N) is 1. The van der Waals surface area contributed by atoms with Crippen LogP contribution in [-0.4, -0.2) is 43.1 Å². The summed E-state index contributed by atoms with van der Waals surface area (Å²) in [5.74, 6) is 0.0273. The zero-order chi connectivity index (χ0) is 35.1. The normalized spacial score (nSPS) is 14.9.